The van der Waals surface area contributed by atoms with Crippen molar-refractivity contribution in [1.82, 2.24) is 37.9 Å². The van der Waals surface area contributed by atoms with Crippen LogP contribution in [0.5, 0.6) is 0 Å². The average molecular weight is 817 g/mol. The van der Waals surface area contributed by atoms with Crippen molar-refractivity contribution in [2.24, 2.45) is 13.0 Å². The predicted octanol–water partition coefficient (Wildman–Crippen LogP) is 3.00. The van der Waals surface area contributed by atoms with Crippen LogP contribution < -0.4 is 21.2 Å². The summed E-state index contributed by atoms with van der Waals surface area (Å²) in [4.78, 5) is 65.5. The summed E-state index contributed by atoms with van der Waals surface area (Å²) in [5.74, 6) is 1.42. The molecule has 58 heavy (non-hydrogen) atoms. The van der Waals surface area contributed by atoms with E-state index < -0.39 is 27.6 Å². The van der Waals surface area contributed by atoms with E-state index >= 15 is 0 Å². The molecule has 2 aliphatic carbocycles. The van der Waals surface area contributed by atoms with Crippen LogP contribution in [-0.4, -0.2) is 117 Å². The number of hydrogen-bond donors (Lipinski definition) is 2. The molecule has 9 rings (SSSR count). The molecule has 3 saturated heterocycles. The lowest BCUT2D eigenvalue weighted by Gasteiger charge is -2.35. The first-order chi connectivity index (χ1) is 27.9. The second kappa shape index (κ2) is 15.1. The molecule has 3 unspecified atom stereocenters. The lowest BCUT2D eigenvalue weighted by molar-refractivity contribution is -0.135. The van der Waals surface area contributed by atoms with E-state index in [0.717, 1.165) is 87.0 Å². The van der Waals surface area contributed by atoms with Crippen LogP contribution in [0.1, 0.15) is 107 Å². The first-order valence-corrected chi connectivity index (χ1v) is 22.7. The Bertz CT molecular complexity index is 2290. The first kappa shape index (κ1) is 39.3. The monoisotopic (exact) mass is 816 g/mol. The van der Waals surface area contributed by atoms with Gasteiger partial charge >= 0.3 is 5.69 Å². The van der Waals surface area contributed by atoms with Crippen molar-refractivity contribution in [2.75, 3.05) is 56.5 Å². The van der Waals surface area contributed by atoms with E-state index in [4.69, 9.17) is 4.98 Å². The Labute approximate surface area is 339 Å². The molecular formula is C41H56N10O6S. The number of aromatic nitrogens is 4. The van der Waals surface area contributed by atoms with Gasteiger partial charge in [0, 0.05) is 64.0 Å². The SMILES string of the molecule is CC1CCCC1N1C(=O)C2(CC2)c2cnc(NC3CCN(S(=O)(=O)N(C)CCCN4CCC(c5cccc6c5n(C)c(=O)n6C5CCC(=O)NC5=O)CC4)CC3)nc21. The van der Waals surface area contributed by atoms with E-state index in [0.29, 0.717) is 62.7 Å². The molecule has 4 aliphatic heterocycles. The van der Waals surface area contributed by atoms with Gasteiger partial charge in [-0.3, -0.25) is 33.7 Å². The Morgan fingerprint density at radius 1 is 0.983 bits per heavy atom. The molecular weight excluding hydrogens is 761 g/mol. The molecule has 3 amide bonds. The molecule has 0 bridgehead atoms. The van der Waals surface area contributed by atoms with Gasteiger partial charge in [-0.05, 0) is 107 Å². The number of nitrogens with zero attached hydrogens (tertiary/aromatic N) is 8. The molecule has 3 aromatic rings. The van der Waals surface area contributed by atoms with Gasteiger partial charge in [0.25, 0.3) is 10.2 Å². The number of likely N-dealkylation sites (tertiary alicyclic amines) is 1. The molecule has 3 atom stereocenters. The number of aryl methyl sites for hydroxylation is 1. The summed E-state index contributed by atoms with van der Waals surface area (Å²) >= 11 is 0. The highest BCUT2D eigenvalue weighted by atomic mass is 32.2. The van der Waals surface area contributed by atoms with Crippen molar-refractivity contribution in [1.29, 1.82) is 0 Å². The minimum absolute atomic E-state index is 0.0330. The summed E-state index contributed by atoms with van der Waals surface area (Å²) in [6, 6.07) is 5.41. The van der Waals surface area contributed by atoms with E-state index in [1.54, 1.807) is 27.5 Å². The Morgan fingerprint density at radius 2 is 1.74 bits per heavy atom. The number of carbonyl (C=O) groups excluding carboxylic acids is 3. The van der Waals surface area contributed by atoms with Gasteiger partial charge in [-0.25, -0.2) is 9.78 Å². The van der Waals surface area contributed by atoms with E-state index in [1.165, 1.54) is 4.31 Å². The predicted molar refractivity (Wildman–Crippen MR) is 219 cm³/mol. The van der Waals surface area contributed by atoms with Crippen molar-refractivity contribution in [3.63, 3.8) is 0 Å². The lowest BCUT2D eigenvalue weighted by Crippen LogP contribution is -2.48. The Balaban J connectivity index is 0.754. The zero-order valence-electron chi connectivity index (χ0n) is 33.9. The van der Waals surface area contributed by atoms with Gasteiger partial charge in [0.15, 0.2) is 0 Å². The molecule has 1 aromatic carbocycles. The highest BCUT2D eigenvalue weighted by molar-refractivity contribution is 7.86. The number of rotatable bonds is 11. The van der Waals surface area contributed by atoms with Crippen LogP contribution in [0, 0.1) is 5.92 Å². The van der Waals surface area contributed by atoms with E-state index in [9.17, 15) is 27.6 Å². The Hall–Kier alpha value is -4.19. The van der Waals surface area contributed by atoms with Crippen molar-refractivity contribution in [3.05, 3.63) is 46.0 Å². The lowest BCUT2D eigenvalue weighted by atomic mass is 9.88. The molecule has 0 radical (unpaired) electrons. The fourth-order valence-corrected chi connectivity index (χ4v) is 12.0. The van der Waals surface area contributed by atoms with Crippen LogP contribution in [0.4, 0.5) is 11.8 Å². The summed E-state index contributed by atoms with van der Waals surface area (Å²) in [6.07, 6.45) is 11.1. The number of fused-ring (bicyclic) bond motifs is 3. The molecule has 6 heterocycles. The maximum absolute atomic E-state index is 13.6. The fraction of sp³-hybridized carbons (Fsp3) is 0.659. The third kappa shape index (κ3) is 6.75. The van der Waals surface area contributed by atoms with Crippen LogP contribution in [0.3, 0.4) is 0 Å². The zero-order valence-corrected chi connectivity index (χ0v) is 34.7. The maximum Gasteiger partial charge on any atom is 0.329 e. The fourth-order valence-electron chi connectivity index (χ4n) is 10.6. The number of para-hydroxylation sites is 1. The van der Waals surface area contributed by atoms with Crippen LogP contribution in [0.15, 0.2) is 29.2 Å². The van der Waals surface area contributed by atoms with Crippen molar-refractivity contribution >= 4 is 50.7 Å². The molecule has 16 nitrogen and oxygen atoms in total. The van der Waals surface area contributed by atoms with E-state index in [2.05, 4.69) is 33.5 Å². The summed E-state index contributed by atoms with van der Waals surface area (Å²) in [5, 5.41) is 5.85. The minimum atomic E-state index is -3.62. The first-order valence-electron chi connectivity index (χ1n) is 21.3. The number of hydrogen-bond acceptors (Lipinski definition) is 10. The normalized spacial score (nSPS) is 26.0. The quantitative estimate of drug-likeness (QED) is 0.274. The highest BCUT2D eigenvalue weighted by Crippen LogP contribution is 2.58. The van der Waals surface area contributed by atoms with Gasteiger partial charge in [-0.15, -0.1) is 0 Å². The smallest absolute Gasteiger partial charge is 0.329 e. The largest absolute Gasteiger partial charge is 0.351 e. The minimum Gasteiger partial charge on any atom is -0.351 e. The molecule has 2 N–H and O–H groups in total. The molecule has 5 fully saturated rings. The average Bonchev–Trinajstić information content (AvgIpc) is 3.78. The number of anilines is 2. The van der Waals surface area contributed by atoms with Crippen LogP contribution in [-0.2, 0) is 37.1 Å². The summed E-state index contributed by atoms with van der Waals surface area (Å²) in [6.45, 7) is 5.99. The molecule has 17 heteroatoms. The van der Waals surface area contributed by atoms with Crippen molar-refractivity contribution in [3.8, 4) is 0 Å². The van der Waals surface area contributed by atoms with Crippen molar-refractivity contribution in [2.45, 2.75) is 113 Å². The van der Waals surface area contributed by atoms with Gasteiger partial charge in [0.2, 0.25) is 23.7 Å². The number of imide groups is 1. The van der Waals surface area contributed by atoms with Crippen LogP contribution in [0.25, 0.3) is 11.0 Å². The third-order valence-electron chi connectivity index (χ3n) is 14.2. The van der Waals surface area contributed by atoms with Crippen LogP contribution in [0.2, 0.25) is 0 Å². The number of benzene rings is 1. The molecule has 1 spiro atoms. The van der Waals surface area contributed by atoms with Crippen molar-refractivity contribution < 1.29 is 22.8 Å². The van der Waals surface area contributed by atoms with E-state index in [-0.39, 0.29) is 41.9 Å². The Morgan fingerprint density at radius 3 is 2.43 bits per heavy atom. The second-order valence-corrected chi connectivity index (χ2v) is 19.7. The summed E-state index contributed by atoms with van der Waals surface area (Å²) in [5.41, 5.74) is 2.93. The van der Waals surface area contributed by atoms with Gasteiger partial charge in [-0.1, -0.05) is 25.5 Å². The summed E-state index contributed by atoms with van der Waals surface area (Å²) < 4.78 is 33.5. The Kier molecular flexibility index (Phi) is 10.2. The van der Waals surface area contributed by atoms with E-state index in [1.807, 2.05) is 23.2 Å². The maximum atomic E-state index is 13.6. The number of imidazole rings is 1. The summed E-state index contributed by atoms with van der Waals surface area (Å²) in [7, 11) is -0.202. The standard InChI is InChI=1S/C41H56N10O6S/c1-26-7-4-9-31(26)51-36-30(41(17-18-41)38(51)54)25-42-39(45-36)43-28-15-23-49(24-16-28)58(56,57)46(2)19-6-20-48-21-13-27(14-22-48)29-8-5-10-32-35(29)47(3)40(55)50(32)33-11-12-34(52)44-37(33)53/h5,8,10,25-28,31,33H,4,6-7,9,11-24H2,1-3H3,(H,42,43,45)(H,44,52,53). The number of carbonyl (C=O) groups is 3. The molecule has 2 aromatic heterocycles. The number of amides is 3. The molecule has 2 saturated carbocycles. The van der Waals surface area contributed by atoms with Gasteiger partial charge < -0.3 is 10.2 Å². The molecule has 312 valence electrons. The van der Waals surface area contributed by atoms with Gasteiger partial charge in [-0.2, -0.15) is 22.0 Å². The third-order valence-corrected chi connectivity index (χ3v) is 16.2. The number of piperidine rings is 3. The van der Waals surface area contributed by atoms with Gasteiger partial charge in [0.05, 0.1) is 16.4 Å². The van der Waals surface area contributed by atoms with Crippen LogP contribution >= 0.6 is 0 Å². The number of nitrogens with one attached hydrogen (secondary N) is 2. The molecule has 6 aliphatic rings. The zero-order chi connectivity index (χ0) is 40.5. The topological polar surface area (TPSA) is 175 Å². The van der Waals surface area contributed by atoms with Gasteiger partial charge in [0.1, 0.15) is 11.9 Å². The second-order valence-electron chi connectivity index (χ2n) is 17.7. The highest BCUT2D eigenvalue weighted by Gasteiger charge is 2.62.